The molecule has 1 amide bonds. The van der Waals surface area contributed by atoms with E-state index < -0.39 is 0 Å². The highest BCUT2D eigenvalue weighted by atomic mass is 35.5. The largest absolute Gasteiger partial charge is 0.336 e. The third-order valence-corrected chi connectivity index (χ3v) is 3.89. The number of aryl methyl sites for hydroxylation is 1. The molecule has 1 atom stereocenters. The minimum Gasteiger partial charge on any atom is -0.336 e. The number of nitrogens with zero attached hydrogens (tertiary/aromatic N) is 2. The van der Waals surface area contributed by atoms with E-state index in [1.165, 1.54) is 0 Å². The molecule has 15 heavy (non-hydrogen) atoms. The number of amides is 1. The molecule has 1 aromatic rings. The lowest BCUT2D eigenvalue weighted by Gasteiger charge is -2.13. The summed E-state index contributed by atoms with van der Waals surface area (Å²) in [6.45, 7) is 3.39. The Morgan fingerprint density at radius 2 is 2.53 bits per heavy atom. The Morgan fingerprint density at radius 1 is 1.73 bits per heavy atom. The Kier molecular flexibility index (Phi) is 3.26. The molecule has 1 saturated heterocycles. The van der Waals surface area contributed by atoms with Crippen molar-refractivity contribution < 1.29 is 4.79 Å². The molecule has 3 nitrogen and oxygen atoms in total. The molecule has 0 aliphatic carbocycles. The lowest BCUT2D eigenvalue weighted by atomic mass is 10.2. The fourth-order valence-electron chi connectivity index (χ4n) is 1.75. The van der Waals surface area contributed by atoms with Gasteiger partial charge in [0, 0.05) is 29.9 Å². The van der Waals surface area contributed by atoms with Crippen LogP contribution in [0, 0.1) is 12.8 Å². The molecule has 1 aromatic heterocycles. The van der Waals surface area contributed by atoms with Crippen LogP contribution in [0.4, 0.5) is 0 Å². The molecule has 5 heteroatoms. The van der Waals surface area contributed by atoms with Crippen molar-refractivity contribution in [3.05, 3.63) is 16.1 Å². The van der Waals surface area contributed by atoms with Crippen molar-refractivity contribution >= 4 is 28.8 Å². The summed E-state index contributed by atoms with van der Waals surface area (Å²) >= 11 is 7.36. The Bertz CT molecular complexity index is 366. The van der Waals surface area contributed by atoms with Crippen LogP contribution in [0.2, 0.25) is 0 Å². The van der Waals surface area contributed by atoms with E-state index in [0.717, 1.165) is 17.2 Å². The Balaban J connectivity index is 1.98. The first-order chi connectivity index (χ1) is 7.19. The number of carbonyl (C=O) groups is 1. The van der Waals surface area contributed by atoms with Gasteiger partial charge in [-0.2, -0.15) is 0 Å². The van der Waals surface area contributed by atoms with Crippen LogP contribution in [0.5, 0.6) is 0 Å². The van der Waals surface area contributed by atoms with Crippen LogP contribution in [0.1, 0.15) is 17.1 Å². The van der Waals surface area contributed by atoms with Gasteiger partial charge in [-0.05, 0) is 12.8 Å². The van der Waals surface area contributed by atoms with Gasteiger partial charge in [0.2, 0.25) is 5.91 Å². The molecule has 1 aliphatic rings. The molecule has 2 heterocycles. The van der Waals surface area contributed by atoms with Crippen molar-refractivity contribution in [1.29, 1.82) is 0 Å². The van der Waals surface area contributed by atoms with Crippen LogP contribution in [-0.2, 0) is 11.3 Å². The zero-order chi connectivity index (χ0) is 10.8. The molecule has 0 aromatic carbocycles. The van der Waals surface area contributed by atoms with Crippen LogP contribution in [0.25, 0.3) is 0 Å². The van der Waals surface area contributed by atoms with E-state index >= 15 is 0 Å². The second kappa shape index (κ2) is 4.49. The second-order valence-electron chi connectivity index (χ2n) is 3.88. The number of hydrogen-bond donors (Lipinski definition) is 0. The smallest absolute Gasteiger partial charge is 0.223 e. The predicted molar refractivity (Wildman–Crippen MR) is 61.1 cm³/mol. The van der Waals surface area contributed by atoms with Gasteiger partial charge in [0.25, 0.3) is 0 Å². The van der Waals surface area contributed by atoms with Crippen LogP contribution in [-0.4, -0.2) is 28.2 Å². The van der Waals surface area contributed by atoms with Gasteiger partial charge in [-0.3, -0.25) is 4.79 Å². The van der Waals surface area contributed by atoms with Crippen molar-refractivity contribution in [3.63, 3.8) is 0 Å². The van der Waals surface area contributed by atoms with Crippen LogP contribution >= 0.6 is 22.9 Å². The molecule has 1 aliphatic heterocycles. The average Bonchev–Trinajstić information content (AvgIpc) is 2.75. The number of alkyl halides is 1. The van der Waals surface area contributed by atoms with E-state index in [1.54, 1.807) is 11.3 Å². The molecule has 0 radical (unpaired) electrons. The third kappa shape index (κ3) is 2.49. The van der Waals surface area contributed by atoms with E-state index in [9.17, 15) is 4.79 Å². The quantitative estimate of drug-likeness (QED) is 0.763. The number of thiazole rings is 1. The molecule has 1 fully saturated rings. The fourth-order valence-corrected chi connectivity index (χ4v) is 2.74. The summed E-state index contributed by atoms with van der Waals surface area (Å²) in [6, 6.07) is 0. The summed E-state index contributed by atoms with van der Waals surface area (Å²) in [5.74, 6) is 1.09. The lowest BCUT2D eigenvalue weighted by molar-refractivity contribution is -0.128. The van der Waals surface area contributed by atoms with Crippen LogP contribution < -0.4 is 0 Å². The number of aromatic nitrogens is 1. The minimum absolute atomic E-state index is 0.202. The van der Waals surface area contributed by atoms with Crippen molar-refractivity contribution in [2.24, 2.45) is 5.92 Å². The second-order valence-corrected chi connectivity index (χ2v) is 5.13. The SMILES string of the molecule is Cc1csc(CN2CC(CCl)CC2=O)n1. The highest BCUT2D eigenvalue weighted by Crippen LogP contribution is 2.22. The first kappa shape index (κ1) is 10.9. The summed E-state index contributed by atoms with van der Waals surface area (Å²) in [6.07, 6.45) is 0.591. The number of rotatable bonds is 3. The molecule has 0 bridgehead atoms. The van der Waals surface area contributed by atoms with Crippen LogP contribution in [0.3, 0.4) is 0 Å². The van der Waals surface area contributed by atoms with Gasteiger partial charge in [0.15, 0.2) is 0 Å². The number of halogens is 1. The highest BCUT2D eigenvalue weighted by Gasteiger charge is 2.29. The van der Waals surface area contributed by atoms with Gasteiger partial charge in [-0.1, -0.05) is 0 Å². The first-order valence-corrected chi connectivity index (χ1v) is 6.35. The normalized spacial score (nSPS) is 21.3. The maximum Gasteiger partial charge on any atom is 0.223 e. The standard InChI is InChI=1S/C10H13ClN2OS/c1-7-6-15-9(12-7)5-13-4-8(3-11)2-10(13)14/h6,8H,2-5H2,1H3. The minimum atomic E-state index is 0.202. The van der Waals surface area contributed by atoms with Gasteiger partial charge in [0.1, 0.15) is 5.01 Å². The van der Waals surface area contributed by atoms with Gasteiger partial charge >= 0.3 is 0 Å². The lowest BCUT2D eigenvalue weighted by Crippen LogP contribution is -2.24. The van der Waals surface area contributed by atoms with Gasteiger partial charge in [-0.25, -0.2) is 4.98 Å². The van der Waals surface area contributed by atoms with Crippen molar-refractivity contribution in [1.82, 2.24) is 9.88 Å². The third-order valence-electron chi connectivity index (χ3n) is 2.51. The summed E-state index contributed by atoms with van der Waals surface area (Å²) in [7, 11) is 0. The molecule has 82 valence electrons. The molecule has 0 N–H and O–H groups in total. The zero-order valence-electron chi connectivity index (χ0n) is 8.57. The van der Waals surface area contributed by atoms with E-state index in [-0.39, 0.29) is 5.91 Å². The first-order valence-electron chi connectivity index (χ1n) is 4.94. The average molecular weight is 245 g/mol. The van der Waals surface area contributed by atoms with E-state index in [1.807, 2.05) is 17.2 Å². The van der Waals surface area contributed by atoms with Crippen molar-refractivity contribution in [2.45, 2.75) is 19.9 Å². The molecular weight excluding hydrogens is 232 g/mol. The summed E-state index contributed by atoms with van der Waals surface area (Å²) in [4.78, 5) is 17.8. The Hall–Kier alpha value is -0.610. The summed E-state index contributed by atoms with van der Waals surface area (Å²) in [5, 5.41) is 3.02. The zero-order valence-corrected chi connectivity index (χ0v) is 10.1. The molecule has 0 spiro atoms. The monoisotopic (exact) mass is 244 g/mol. The van der Waals surface area contributed by atoms with Gasteiger partial charge in [-0.15, -0.1) is 22.9 Å². The number of hydrogen-bond acceptors (Lipinski definition) is 3. The molecule has 1 unspecified atom stereocenters. The maximum atomic E-state index is 11.6. The molecule has 2 rings (SSSR count). The van der Waals surface area contributed by atoms with Crippen molar-refractivity contribution in [3.8, 4) is 0 Å². The van der Waals surface area contributed by atoms with E-state index in [4.69, 9.17) is 11.6 Å². The van der Waals surface area contributed by atoms with E-state index in [0.29, 0.717) is 24.8 Å². The van der Waals surface area contributed by atoms with Crippen LogP contribution in [0.15, 0.2) is 5.38 Å². The van der Waals surface area contributed by atoms with Gasteiger partial charge < -0.3 is 4.90 Å². The number of carbonyl (C=O) groups excluding carboxylic acids is 1. The maximum absolute atomic E-state index is 11.6. The fraction of sp³-hybridized carbons (Fsp3) is 0.600. The van der Waals surface area contributed by atoms with E-state index in [2.05, 4.69) is 4.98 Å². The Morgan fingerprint density at radius 3 is 3.07 bits per heavy atom. The molecule has 0 saturated carbocycles. The topological polar surface area (TPSA) is 33.2 Å². The summed E-state index contributed by atoms with van der Waals surface area (Å²) in [5.41, 5.74) is 1.02. The summed E-state index contributed by atoms with van der Waals surface area (Å²) < 4.78 is 0. The van der Waals surface area contributed by atoms with Gasteiger partial charge in [0.05, 0.1) is 6.54 Å². The van der Waals surface area contributed by atoms with Crippen molar-refractivity contribution in [2.75, 3.05) is 12.4 Å². The highest BCUT2D eigenvalue weighted by molar-refractivity contribution is 7.09. The molecular formula is C10H13ClN2OS. The number of likely N-dealkylation sites (tertiary alicyclic amines) is 1. The predicted octanol–water partition coefficient (Wildman–Crippen LogP) is 2.04. The Labute approximate surface area is 98.1 Å².